The van der Waals surface area contributed by atoms with Crippen LogP contribution in [0.25, 0.3) is 0 Å². The first-order valence-corrected chi connectivity index (χ1v) is 7.89. The molecule has 0 fully saturated rings. The van der Waals surface area contributed by atoms with Gasteiger partial charge in [0.05, 0.1) is 23.3 Å². The second-order valence-electron chi connectivity index (χ2n) is 4.94. The van der Waals surface area contributed by atoms with Crippen LogP contribution < -0.4 is 5.32 Å². The number of thiazole rings is 1. The molecule has 2 aromatic rings. The monoisotopic (exact) mass is 323 g/mol. The molecule has 2 amide bonds. The normalized spacial score (nSPS) is 12.0. The topological polar surface area (TPSA) is 45.2 Å². The number of nitrogens with one attached hydrogen (secondary N) is 1. The second-order valence-corrected chi connectivity index (χ2v) is 6.44. The largest absolute Gasteiger partial charge is 0.331 e. The zero-order chi connectivity index (χ0) is 15.4. The van der Waals surface area contributed by atoms with Crippen molar-refractivity contribution in [2.24, 2.45) is 0 Å². The van der Waals surface area contributed by atoms with Gasteiger partial charge < -0.3 is 10.2 Å². The van der Waals surface area contributed by atoms with Crippen molar-refractivity contribution in [1.29, 1.82) is 0 Å². The number of nitrogens with zero attached hydrogens (tertiary/aromatic N) is 2. The van der Waals surface area contributed by atoms with E-state index >= 15 is 0 Å². The standard InChI is InChI=1S/C15H18ClN3OS/c1-10(12-4-6-13(16)7-5-12)17-15(20)19(3)8-14-9-21-11(2)18-14/h4-7,9-10H,8H2,1-3H3,(H,17,20). The Morgan fingerprint density at radius 2 is 2.10 bits per heavy atom. The summed E-state index contributed by atoms with van der Waals surface area (Å²) >= 11 is 7.45. The molecule has 21 heavy (non-hydrogen) atoms. The van der Waals surface area contributed by atoms with Crippen LogP contribution >= 0.6 is 22.9 Å². The third-order valence-electron chi connectivity index (χ3n) is 3.12. The van der Waals surface area contributed by atoms with Gasteiger partial charge in [-0.3, -0.25) is 0 Å². The molecule has 1 atom stereocenters. The third-order valence-corrected chi connectivity index (χ3v) is 4.20. The van der Waals surface area contributed by atoms with Crippen molar-refractivity contribution < 1.29 is 4.79 Å². The molecule has 0 aliphatic rings. The molecule has 0 aliphatic carbocycles. The van der Waals surface area contributed by atoms with E-state index in [2.05, 4.69) is 10.3 Å². The van der Waals surface area contributed by atoms with Gasteiger partial charge in [-0.15, -0.1) is 11.3 Å². The number of hydrogen-bond donors (Lipinski definition) is 1. The van der Waals surface area contributed by atoms with Crippen LogP contribution in [0.1, 0.15) is 29.2 Å². The molecule has 1 aromatic heterocycles. The Hall–Kier alpha value is -1.59. The first-order chi connectivity index (χ1) is 9.95. The minimum atomic E-state index is -0.122. The van der Waals surface area contributed by atoms with Gasteiger partial charge in [0, 0.05) is 17.5 Å². The Bertz CT molecular complexity index is 612. The lowest BCUT2D eigenvalue weighted by Crippen LogP contribution is -2.38. The zero-order valence-electron chi connectivity index (χ0n) is 12.3. The molecule has 1 aromatic carbocycles. The van der Waals surface area contributed by atoms with E-state index < -0.39 is 0 Å². The molecule has 1 N–H and O–H groups in total. The molecule has 1 heterocycles. The molecular formula is C15H18ClN3OS. The van der Waals surface area contributed by atoms with Gasteiger partial charge in [0.25, 0.3) is 0 Å². The van der Waals surface area contributed by atoms with Crippen molar-refractivity contribution in [1.82, 2.24) is 15.2 Å². The molecule has 0 saturated carbocycles. The Morgan fingerprint density at radius 3 is 2.67 bits per heavy atom. The fraction of sp³-hybridized carbons (Fsp3) is 0.333. The van der Waals surface area contributed by atoms with Crippen LogP contribution in [0.3, 0.4) is 0 Å². The highest BCUT2D eigenvalue weighted by Gasteiger charge is 2.14. The number of urea groups is 1. The molecule has 0 spiro atoms. The molecule has 4 nitrogen and oxygen atoms in total. The van der Waals surface area contributed by atoms with Gasteiger partial charge in [-0.2, -0.15) is 0 Å². The molecular weight excluding hydrogens is 306 g/mol. The quantitative estimate of drug-likeness (QED) is 0.924. The van der Waals surface area contributed by atoms with E-state index in [0.29, 0.717) is 11.6 Å². The first-order valence-electron chi connectivity index (χ1n) is 6.64. The summed E-state index contributed by atoms with van der Waals surface area (Å²) in [4.78, 5) is 18.2. The highest BCUT2D eigenvalue weighted by molar-refractivity contribution is 7.09. The van der Waals surface area contributed by atoms with E-state index in [9.17, 15) is 4.79 Å². The predicted molar refractivity (Wildman–Crippen MR) is 86.7 cm³/mol. The highest BCUT2D eigenvalue weighted by atomic mass is 35.5. The molecule has 6 heteroatoms. The summed E-state index contributed by atoms with van der Waals surface area (Å²) in [6, 6.07) is 7.27. The molecule has 0 radical (unpaired) electrons. The maximum absolute atomic E-state index is 12.2. The minimum absolute atomic E-state index is 0.0746. The lowest BCUT2D eigenvalue weighted by atomic mass is 10.1. The summed E-state index contributed by atoms with van der Waals surface area (Å²) in [5.74, 6) is 0. The number of halogens is 1. The smallest absolute Gasteiger partial charge is 0.317 e. The number of rotatable bonds is 4. The molecule has 0 saturated heterocycles. The molecule has 112 valence electrons. The van der Waals surface area contributed by atoms with E-state index in [4.69, 9.17) is 11.6 Å². The van der Waals surface area contributed by atoms with Gasteiger partial charge in [0.15, 0.2) is 0 Å². The Kier molecular flexibility index (Phi) is 5.20. The van der Waals surface area contributed by atoms with E-state index in [1.54, 1.807) is 23.3 Å². The van der Waals surface area contributed by atoms with Crippen LogP contribution in [0, 0.1) is 6.92 Å². The maximum atomic E-state index is 12.2. The zero-order valence-corrected chi connectivity index (χ0v) is 13.8. The second kappa shape index (κ2) is 6.91. The Balaban J connectivity index is 1.92. The van der Waals surface area contributed by atoms with Crippen molar-refractivity contribution in [3.63, 3.8) is 0 Å². The Labute approximate surface area is 133 Å². The number of hydrogen-bond acceptors (Lipinski definition) is 3. The number of aromatic nitrogens is 1. The summed E-state index contributed by atoms with van der Waals surface area (Å²) in [6.07, 6.45) is 0. The van der Waals surface area contributed by atoms with Crippen LogP contribution in [0.4, 0.5) is 4.79 Å². The third kappa shape index (κ3) is 4.44. The lowest BCUT2D eigenvalue weighted by molar-refractivity contribution is 0.203. The fourth-order valence-electron chi connectivity index (χ4n) is 1.93. The van der Waals surface area contributed by atoms with Crippen LogP contribution in [-0.4, -0.2) is 23.0 Å². The van der Waals surface area contributed by atoms with Crippen molar-refractivity contribution in [2.75, 3.05) is 7.05 Å². The number of aryl methyl sites for hydroxylation is 1. The highest BCUT2D eigenvalue weighted by Crippen LogP contribution is 2.16. The average Bonchev–Trinajstić information content (AvgIpc) is 2.84. The van der Waals surface area contributed by atoms with Gasteiger partial charge in [-0.25, -0.2) is 9.78 Å². The summed E-state index contributed by atoms with van der Waals surface area (Å²) in [5, 5.41) is 6.63. The summed E-state index contributed by atoms with van der Waals surface area (Å²) in [6.45, 7) is 4.41. The van der Waals surface area contributed by atoms with Crippen LogP contribution in [0.15, 0.2) is 29.6 Å². The van der Waals surface area contributed by atoms with Crippen LogP contribution in [-0.2, 0) is 6.54 Å². The lowest BCUT2D eigenvalue weighted by Gasteiger charge is -2.21. The van der Waals surface area contributed by atoms with Gasteiger partial charge in [0.2, 0.25) is 0 Å². The van der Waals surface area contributed by atoms with Crippen molar-refractivity contribution in [2.45, 2.75) is 26.4 Å². The Morgan fingerprint density at radius 1 is 1.43 bits per heavy atom. The SMILES string of the molecule is Cc1nc(CN(C)C(=O)NC(C)c2ccc(Cl)cc2)cs1. The van der Waals surface area contributed by atoms with Gasteiger partial charge in [-0.05, 0) is 31.5 Å². The number of benzene rings is 1. The van der Waals surface area contributed by atoms with Gasteiger partial charge in [0.1, 0.15) is 0 Å². The molecule has 2 rings (SSSR count). The first kappa shape index (κ1) is 15.8. The molecule has 0 bridgehead atoms. The van der Waals surface area contributed by atoms with Crippen molar-refractivity contribution in [3.05, 3.63) is 50.9 Å². The van der Waals surface area contributed by atoms with Gasteiger partial charge >= 0.3 is 6.03 Å². The van der Waals surface area contributed by atoms with Crippen LogP contribution in [0.5, 0.6) is 0 Å². The fourth-order valence-corrected chi connectivity index (χ4v) is 2.66. The van der Waals surface area contributed by atoms with Crippen molar-refractivity contribution in [3.8, 4) is 0 Å². The number of carbonyl (C=O) groups is 1. The number of amides is 2. The summed E-state index contributed by atoms with van der Waals surface area (Å²) in [7, 11) is 1.76. The average molecular weight is 324 g/mol. The number of carbonyl (C=O) groups excluding carboxylic acids is 1. The van der Waals surface area contributed by atoms with E-state index in [-0.39, 0.29) is 12.1 Å². The molecule has 1 unspecified atom stereocenters. The minimum Gasteiger partial charge on any atom is -0.331 e. The predicted octanol–water partition coefficient (Wildman–Crippen LogP) is 4.01. The van der Waals surface area contributed by atoms with E-state index in [1.165, 1.54) is 0 Å². The van der Waals surface area contributed by atoms with E-state index in [0.717, 1.165) is 16.3 Å². The molecule has 0 aliphatic heterocycles. The summed E-state index contributed by atoms with van der Waals surface area (Å²) < 4.78 is 0. The summed E-state index contributed by atoms with van der Waals surface area (Å²) in [5.41, 5.74) is 1.93. The van der Waals surface area contributed by atoms with Crippen LogP contribution in [0.2, 0.25) is 5.02 Å². The maximum Gasteiger partial charge on any atom is 0.317 e. The van der Waals surface area contributed by atoms with E-state index in [1.807, 2.05) is 43.5 Å². The van der Waals surface area contributed by atoms with Crippen molar-refractivity contribution >= 4 is 29.0 Å². The van der Waals surface area contributed by atoms with Gasteiger partial charge in [-0.1, -0.05) is 23.7 Å².